The lowest BCUT2D eigenvalue weighted by Gasteiger charge is -2.16. The Bertz CT molecular complexity index is 182. The minimum Gasteiger partial charge on any atom is -0.544 e. The lowest BCUT2D eigenvalue weighted by Crippen LogP contribution is -2.73. The van der Waals surface area contributed by atoms with Gasteiger partial charge in [0.05, 0.1) is 0 Å². The van der Waals surface area contributed by atoms with Crippen molar-refractivity contribution in [1.29, 1.82) is 0 Å². The first-order valence-electron chi connectivity index (χ1n) is 3.51. The molecule has 0 bridgehead atoms. The molecule has 0 spiro atoms. The third-order valence-electron chi connectivity index (χ3n) is 1.39. The fourth-order valence-electron chi connectivity index (χ4n) is 0.540. The van der Waals surface area contributed by atoms with Gasteiger partial charge >= 0.3 is 5.97 Å². The number of hydrogen-bond acceptors (Lipinski definition) is 4. The highest BCUT2D eigenvalue weighted by atomic mass is 16.5. The molecule has 0 heterocycles. The van der Waals surface area contributed by atoms with Crippen LogP contribution in [0.25, 0.3) is 0 Å². The Morgan fingerprint density at radius 1 is 1.58 bits per heavy atom. The molecular formula is C6H13N2O4+. The third-order valence-corrected chi connectivity index (χ3v) is 1.39. The van der Waals surface area contributed by atoms with Crippen molar-refractivity contribution in [3.05, 3.63) is 0 Å². The predicted octanol–water partition coefficient (Wildman–Crippen LogP) is -4.48. The average molecular weight is 177 g/mol. The Balaban J connectivity index is 3.94. The van der Waals surface area contributed by atoms with Crippen LogP contribution in [0.1, 0.15) is 6.92 Å². The molecule has 0 aromatic heterocycles. The topological polar surface area (TPSA) is 122 Å². The number of carbonyl (C=O) groups excluding carboxylic acids is 2. The lowest BCUT2D eigenvalue weighted by atomic mass is 10.2. The van der Waals surface area contributed by atoms with Gasteiger partial charge in [-0.3, -0.25) is 0 Å². The number of carboxylic acids is 1. The molecule has 0 rings (SSSR count). The van der Waals surface area contributed by atoms with Gasteiger partial charge in [0, 0.05) is 0 Å². The van der Waals surface area contributed by atoms with Gasteiger partial charge in [0.15, 0.2) is 18.7 Å². The molecule has 0 aliphatic rings. The molecule has 0 unspecified atom stereocenters. The highest BCUT2D eigenvalue weighted by Gasteiger charge is 2.21. The van der Waals surface area contributed by atoms with Crippen LogP contribution in [0.4, 0.5) is 0 Å². The number of esters is 1. The summed E-state index contributed by atoms with van der Waals surface area (Å²) in [5.41, 5.74) is 6.55. The molecule has 6 N–H and O–H groups in total. The Morgan fingerprint density at radius 2 is 2.08 bits per heavy atom. The Hall–Kier alpha value is -1.14. The molecular weight excluding hydrogens is 164 g/mol. The van der Waals surface area contributed by atoms with E-state index >= 15 is 0 Å². The van der Waals surface area contributed by atoms with E-state index in [2.05, 4.69) is 16.2 Å². The molecule has 0 aromatic rings. The normalized spacial score (nSPS) is 14.9. The van der Waals surface area contributed by atoms with Crippen molar-refractivity contribution in [1.82, 2.24) is 0 Å². The summed E-state index contributed by atoms with van der Waals surface area (Å²) in [7, 11) is 0. The molecule has 6 nitrogen and oxygen atoms in total. The van der Waals surface area contributed by atoms with Crippen molar-refractivity contribution in [2.75, 3.05) is 6.54 Å². The second-order valence-electron chi connectivity index (χ2n) is 2.37. The van der Waals surface area contributed by atoms with E-state index in [-0.39, 0.29) is 6.54 Å². The number of hydrogen-bond donors (Lipinski definition) is 2. The summed E-state index contributed by atoms with van der Waals surface area (Å²) in [6.45, 7) is 1.42. The number of carbonyl (C=O) groups is 2. The molecule has 12 heavy (non-hydrogen) atoms. The lowest BCUT2D eigenvalue weighted by molar-refractivity contribution is -0.450. The first-order valence-corrected chi connectivity index (χ1v) is 3.51. The monoisotopic (exact) mass is 177 g/mol. The van der Waals surface area contributed by atoms with Gasteiger partial charge in [-0.05, 0) is 6.92 Å². The van der Waals surface area contributed by atoms with Crippen LogP contribution >= 0.6 is 0 Å². The number of carboxylic acid groups (broad SMARTS) is 1. The van der Waals surface area contributed by atoms with Gasteiger partial charge in [-0.25, -0.2) is 4.79 Å². The van der Waals surface area contributed by atoms with E-state index in [1.165, 1.54) is 6.92 Å². The van der Waals surface area contributed by atoms with Gasteiger partial charge in [0.25, 0.3) is 0 Å². The number of quaternary nitrogens is 2. The van der Waals surface area contributed by atoms with E-state index in [9.17, 15) is 14.7 Å². The van der Waals surface area contributed by atoms with Crippen molar-refractivity contribution in [3.63, 3.8) is 0 Å². The molecule has 6 heteroatoms. The quantitative estimate of drug-likeness (QED) is 0.420. The second-order valence-corrected chi connectivity index (χ2v) is 2.37. The molecule has 2 atom stereocenters. The van der Waals surface area contributed by atoms with Crippen LogP contribution < -0.4 is 16.6 Å². The summed E-state index contributed by atoms with van der Waals surface area (Å²) in [6.07, 6.45) is -0.774. The van der Waals surface area contributed by atoms with Gasteiger partial charge in [-0.15, -0.1) is 0 Å². The van der Waals surface area contributed by atoms with Crippen LogP contribution in [0.2, 0.25) is 0 Å². The van der Waals surface area contributed by atoms with Crippen molar-refractivity contribution < 1.29 is 30.9 Å². The van der Waals surface area contributed by atoms with Crippen LogP contribution in [0.5, 0.6) is 0 Å². The van der Waals surface area contributed by atoms with E-state index in [1.807, 2.05) is 0 Å². The third kappa shape index (κ3) is 3.31. The van der Waals surface area contributed by atoms with Gasteiger partial charge in [0.1, 0.15) is 5.97 Å². The molecule has 0 amide bonds. The van der Waals surface area contributed by atoms with E-state index in [1.54, 1.807) is 0 Å². The standard InChI is InChI=1S/C6H12N2O4/c1-3(5(8)6(10)11)12-4(9)2-7/h3,5H,2,7-8H2,1H3,(H,10,11)/p+1/t3-,5+/m1/s1. The zero-order valence-corrected chi connectivity index (χ0v) is 6.91. The number of aliphatic carboxylic acids is 1. The second kappa shape index (κ2) is 4.68. The Kier molecular flexibility index (Phi) is 4.24. The average Bonchev–Trinajstić information content (AvgIpc) is 2.02. The van der Waals surface area contributed by atoms with Crippen molar-refractivity contribution in [2.45, 2.75) is 19.1 Å². The minimum atomic E-state index is -1.33. The summed E-state index contributed by atoms with van der Waals surface area (Å²) in [6, 6.07) is -1.04. The summed E-state index contributed by atoms with van der Waals surface area (Å²) < 4.78 is 4.64. The van der Waals surface area contributed by atoms with Crippen molar-refractivity contribution >= 4 is 11.9 Å². The molecule has 0 aromatic carbocycles. The van der Waals surface area contributed by atoms with E-state index in [0.29, 0.717) is 0 Å². The van der Waals surface area contributed by atoms with E-state index in [0.717, 1.165) is 0 Å². The van der Waals surface area contributed by atoms with Crippen LogP contribution in [0.15, 0.2) is 0 Å². The fourth-order valence-corrected chi connectivity index (χ4v) is 0.540. The molecule has 70 valence electrons. The van der Waals surface area contributed by atoms with Crippen molar-refractivity contribution in [3.8, 4) is 0 Å². The molecule has 0 saturated heterocycles. The first kappa shape index (κ1) is 10.9. The maximum atomic E-state index is 10.6. The van der Waals surface area contributed by atoms with E-state index < -0.39 is 24.1 Å². The summed E-state index contributed by atoms with van der Waals surface area (Å²) in [4.78, 5) is 20.9. The van der Waals surface area contributed by atoms with Crippen LogP contribution in [-0.4, -0.2) is 30.6 Å². The fraction of sp³-hybridized carbons (Fsp3) is 0.667. The summed E-state index contributed by atoms with van der Waals surface area (Å²) in [5, 5.41) is 10.2. The highest BCUT2D eigenvalue weighted by molar-refractivity contribution is 5.73. The first-order chi connectivity index (χ1) is 5.49. The maximum absolute atomic E-state index is 10.6. The molecule has 0 aliphatic carbocycles. The zero-order valence-electron chi connectivity index (χ0n) is 6.91. The Morgan fingerprint density at radius 3 is 2.42 bits per heavy atom. The SMILES string of the molecule is C[C@@H](OC(=O)C[NH3+])[C@H]([NH3+])C(=O)[O-]. The number of rotatable bonds is 4. The van der Waals surface area contributed by atoms with Crippen LogP contribution in [0, 0.1) is 0 Å². The molecule has 0 saturated carbocycles. The van der Waals surface area contributed by atoms with Gasteiger partial charge in [0.2, 0.25) is 0 Å². The molecule has 0 radical (unpaired) electrons. The molecule has 0 fully saturated rings. The van der Waals surface area contributed by atoms with Gasteiger partial charge in [-0.2, -0.15) is 0 Å². The van der Waals surface area contributed by atoms with Gasteiger partial charge in [-0.1, -0.05) is 0 Å². The Labute approximate surface area is 69.5 Å². The van der Waals surface area contributed by atoms with Crippen LogP contribution in [0.3, 0.4) is 0 Å². The van der Waals surface area contributed by atoms with E-state index in [4.69, 9.17) is 0 Å². The van der Waals surface area contributed by atoms with Gasteiger partial charge < -0.3 is 26.1 Å². The molecule has 0 aliphatic heterocycles. The van der Waals surface area contributed by atoms with Crippen LogP contribution in [-0.2, 0) is 14.3 Å². The predicted molar refractivity (Wildman–Crippen MR) is 35.0 cm³/mol. The smallest absolute Gasteiger partial charge is 0.362 e. The number of ether oxygens (including phenoxy) is 1. The largest absolute Gasteiger partial charge is 0.544 e. The highest BCUT2D eigenvalue weighted by Crippen LogP contribution is 1.93. The summed E-state index contributed by atoms with van der Waals surface area (Å²) >= 11 is 0. The van der Waals surface area contributed by atoms with Crippen molar-refractivity contribution in [2.24, 2.45) is 0 Å². The maximum Gasteiger partial charge on any atom is 0.362 e. The minimum absolute atomic E-state index is 0.0237. The zero-order chi connectivity index (χ0) is 9.72. The summed E-state index contributed by atoms with van der Waals surface area (Å²) in [5.74, 6) is -1.88.